The monoisotopic (exact) mass is 362 g/mol. The molecule has 0 bridgehead atoms. The van der Waals surface area contributed by atoms with E-state index in [-0.39, 0.29) is 12.1 Å². The predicted octanol–water partition coefficient (Wildman–Crippen LogP) is 4.14. The van der Waals surface area contributed by atoms with E-state index in [0.717, 1.165) is 25.1 Å². The van der Waals surface area contributed by atoms with Crippen LogP contribution in [0.2, 0.25) is 5.02 Å². The number of halogens is 1. The summed E-state index contributed by atoms with van der Waals surface area (Å²) in [6.07, 6.45) is 6.69. The SMILES string of the molecule is CCCOc1c(Cl)cccc1NC(=O)N[C@@H](c1nccn1C)C1CC1. The minimum atomic E-state index is -0.288. The molecule has 1 aliphatic rings. The van der Waals surface area contributed by atoms with Crippen LogP contribution in [0, 0.1) is 5.92 Å². The summed E-state index contributed by atoms with van der Waals surface area (Å²) >= 11 is 6.21. The first-order valence-corrected chi connectivity index (χ1v) is 8.94. The van der Waals surface area contributed by atoms with Gasteiger partial charge in [-0.2, -0.15) is 0 Å². The van der Waals surface area contributed by atoms with Crippen LogP contribution in [0.3, 0.4) is 0 Å². The first-order chi connectivity index (χ1) is 12.1. The summed E-state index contributed by atoms with van der Waals surface area (Å²) in [6, 6.07) is 4.93. The van der Waals surface area contributed by atoms with Crippen molar-refractivity contribution in [2.75, 3.05) is 11.9 Å². The Kier molecular flexibility index (Phi) is 5.48. The average molecular weight is 363 g/mol. The van der Waals surface area contributed by atoms with Crippen molar-refractivity contribution in [1.29, 1.82) is 0 Å². The molecule has 0 saturated heterocycles. The Morgan fingerprint density at radius 2 is 2.28 bits per heavy atom. The standard InChI is InChI=1S/C18H23ClN4O2/c1-3-11-25-16-13(19)5-4-6-14(16)21-18(24)22-15(12-7-8-12)17-20-9-10-23(17)2/h4-6,9-10,12,15H,3,7-8,11H2,1-2H3,(H2,21,22,24)/t15-/m1/s1. The van der Waals surface area contributed by atoms with Gasteiger partial charge in [0.15, 0.2) is 5.75 Å². The fourth-order valence-corrected chi connectivity index (χ4v) is 2.99. The average Bonchev–Trinajstić information content (AvgIpc) is 3.34. The molecule has 2 amide bonds. The molecule has 1 fully saturated rings. The quantitative estimate of drug-likeness (QED) is 0.777. The third-order valence-corrected chi connectivity index (χ3v) is 4.48. The van der Waals surface area contributed by atoms with Gasteiger partial charge in [-0.05, 0) is 37.3 Å². The Labute approximate surface area is 152 Å². The molecule has 3 rings (SSSR count). The predicted molar refractivity (Wildman–Crippen MR) is 98.1 cm³/mol. The number of benzene rings is 1. The van der Waals surface area contributed by atoms with Gasteiger partial charge in [-0.3, -0.25) is 0 Å². The molecule has 134 valence electrons. The zero-order valence-corrected chi connectivity index (χ0v) is 15.2. The molecule has 6 nitrogen and oxygen atoms in total. The Morgan fingerprint density at radius 3 is 2.92 bits per heavy atom. The highest BCUT2D eigenvalue weighted by atomic mass is 35.5. The summed E-state index contributed by atoms with van der Waals surface area (Å²) in [5.74, 6) is 1.80. The van der Waals surface area contributed by atoms with E-state index < -0.39 is 0 Å². The van der Waals surface area contributed by atoms with Crippen molar-refractivity contribution in [1.82, 2.24) is 14.9 Å². The molecule has 1 aromatic heterocycles. The molecule has 7 heteroatoms. The molecule has 0 unspecified atom stereocenters. The Bertz CT molecular complexity index is 742. The molecule has 0 radical (unpaired) electrons. The van der Waals surface area contributed by atoms with Crippen molar-refractivity contribution < 1.29 is 9.53 Å². The lowest BCUT2D eigenvalue weighted by Crippen LogP contribution is -2.35. The fraction of sp³-hybridized carbons (Fsp3) is 0.444. The van der Waals surface area contributed by atoms with Crippen LogP contribution in [0.1, 0.15) is 38.1 Å². The lowest BCUT2D eigenvalue weighted by atomic mass is 10.1. The molecule has 2 N–H and O–H groups in total. The van der Waals surface area contributed by atoms with Crippen LogP contribution in [0.4, 0.5) is 10.5 Å². The zero-order valence-electron chi connectivity index (χ0n) is 14.5. The molecular formula is C18H23ClN4O2. The van der Waals surface area contributed by atoms with E-state index in [0.29, 0.717) is 29.0 Å². The topological polar surface area (TPSA) is 68.2 Å². The van der Waals surface area contributed by atoms with Crippen molar-refractivity contribution in [3.63, 3.8) is 0 Å². The van der Waals surface area contributed by atoms with Gasteiger partial charge >= 0.3 is 6.03 Å². The highest BCUT2D eigenvalue weighted by molar-refractivity contribution is 6.32. The van der Waals surface area contributed by atoms with Gasteiger partial charge in [0.05, 0.1) is 23.4 Å². The number of aromatic nitrogens is 2. The Hall–Kier alpha value is -2.21. The number of imidazole rings is 1. The second kappa shape index (κ2) is 7.78. The third-order valence-electron chi connectivity index (χ3n) is 4.18. The molecule has 1 atom stereocenters. The van der Waals surface area contributed by atoms with Crippen LogP contribution < -0.4 is 15.4 Å². The zero-order chi connectivity index (χ0) is 17.8. The minimum absolute atomic E-state index is 0.0980. The maximum Gasteiger partial charge on any atom is 0.319 e. The van der Waals surface area contributed by atoms with Crippen LogP contribution in [0.25, 0.3) is 0 Å². The van der Waals surface area contributed by atoms with Crippen molar-refractivity contribution in [2.24, 2.45) is 13.0 Å². The van der Waals surface area contributed by atoms with Gasteiger partial charge in [0.25, 0.3) is 0 Å². The van der Waals surface area contributed by atoms with Crippen molar-refractivity contribution >= 4 is 23.3 Å². The van der Waals surface area contributed by atoms with Gasteiger partial charge in [0, 0.05) is 19.4 Å². The van der Waals surface area contributed by atoms with Crippen LogP contribution in [0.15, 0.2) is 30.6 Å². The Balaban J connectivity index is 1.72. The molecule has 1 saturated carbocycles. The van der Waals surface area contributed by atoms with E-state index in [1.165, 1.54) is 0 Å². The number of aryl methyl sites for hydroxylation is 1. The van der Waals surface area contributed by atoms with Crippen LogP contribution in [-0.4, -0.2) is 22.2 Å². The summed E-state index contributed by atoms with van der Waals surface area (Å²) in [5.41, 5.74) is 0.563. The lowest BCUT2D eigenvalue weighted by Gasteiger charge is -2.19. The number of urea groups is 1. The second-order valence-electron chi connectivity index (χ2n) is 6.27. The number of rotatable bonds is 7. The first kappa shape index (κ1) is 17.6. The summed E-state index contributed by atoms with van der Waals surface area (Å²) < 4.78 is 7.63. The number of ether oxygens (including phenoxy) is 1. The molecule has 2 aromatic rings. The van der Waals surface area contributed by atoms with E-state index in [9.17, 15) is 4.79 Å². The van der Waals surface area contributed by atoms with Crippen LogP contribution >= 0.6 is 11.6 Å². The number of amides is 2. The van der Waals surface area contributed by atoms with Crippen molar-refractivity contribution in [3.05, 3.63) is 41.4 Å². The number of anilines is 1. The summed E-state index contributed by atoms with van der Waals surface area (Å²) in [6.45, 7) is 2.56. The van der Waals surface area contributed by atoms with Gasteiger partial charge in [0.1, 0.15) is 5.82 Å². The Morgan fingerprint density at radius 1 is 1.48 bits per heavy atom. The van der Waals surface area contributed by atoms with Crippen molar-refractivity contribution in [3.8, 4) is 5.75 Å². The molecule has 1 heterocycles. The number of hydrogen-bond donors (Lipinski definition) is 2. The second-order valence-corrected chi connectivity index (χ2v) is 6.68. The fourth-order valence-electron chi connectivity index (χ4n) is 2.76. The van der Waals surface area contributed by atoms with E-state index in [1.807, 2.05) is 24.7 Å². The maximum absolute atomic E-state index is 12.5. The lowest BCUT2D eigenvalue weighted by molar-refractivity contribution is 0.246. The van der Waals surface area contributed by atoms with Crippen LogP contribution in [0.5, 0.6) is 5.75 Å². The van der Waals surface area contributed by atoms with E-state index in [4.69, 9.17) is 16.3 Å². The molecule has 1 aliphatic carbocycles. The van der Waals surface area contributed by atoms with Gasteiger partial charge in [-0.15, -0.1) is 0 Å². The molecule has 25 heavy (non-hydrogen) atoms. The highest BCUT2D eigenvalue weighted by Crippen LogP contribution is 2.40. The number of nitrogens with zero attached hydrogens (tertiary/aromatic N) is 2. The largest absolute Gasteiger partial charge is 0.490 e. The third kappa shape index (κ3) is 4.25. The maximum atomic E-state index is 12.5. The number of nitrogens with one attached hydrogen (secondary N) is 2. The van der Waals surface area contributed by atoms with Gasteiger partial charge in [0.2, 0.25) is 0 Å². The number of carbonyl (C=O) groups excluding carboxylic acids is 1. The van der Waals surface area contributed by atoms with E-state index in [1.54, 1.807) is 24.4 Å². The number of hydrogen-bond acceptors (Lipinski definition) is 3. The minimum Gasteiger partial charge on any atom is -0.490 e. The van der Waals surface area contributed by atoms with E-state index >= 15 is 0 Å². The van der Waals surface area contributed by atoms with Gasteiger partial charge in [-0.25, -0.2) is 9.78 Å². The highest BCUT2D eigenvalue weighted by Gasteiger charge is 2.35. The van der Waals surface area contributed by atoms with Gasteiger partial charge in [-0.1, -0.05) is 24.6 Å². The number of carbonyl (C=O) groups is 1. The molecule has 0 spiro atoms. The normalized spacial score (nSPS) is 14.8. The molecule has 1 aromatic carbocycles. The number of para-hydroxylation sites is 1. The first-order valence-electron chi connectivity index (χ1n) is 8.56. The van der Waals surface area contributed by atoms with E-state index in [2.05, 4.69) is 15.6 Å². The summed E-state index contributed by atoms with van der Waals surface area (Å²) in [7, 11) is 1.94. The van der Waals surface area contributed by atoms with Gasteiger partial charge < -0.3 is 19.9 Å². The summed E-state index contributed by atoms with van der Waals surface area (Å²) in [4.78, 5) is 16.9. The summed E-state index contributed by atoms with van der Waals surface area (Å²) in [5, 5.41) is 6.38. The molecular weight excluding hydrogens is 340 g/mol. The molecule has 0 aliphatic heterocycles. The van der Waals surface area contributed by atoms with Crippen molar-refractivity contribution in [2.45, 2.75) is 32.2 Å². The van der Waals surface area contributed by atoms with Crippen LogP contribution in [-0.2, 0) is 7.05 Å². The smallest absolute Gasteiger partial charge is 0.319 e.